The highest BCUT2D eigenvalue weighted by Gasteiger charge is 2.18. The molecular formula is C11H14O. The summed E-state index contributed by atoms with van der Waals surface area (Å²) in [6.07, 6.45) is 1.19. The molecule has 2 rings (SSSR count). The van der Waals surface area contributed by atoms with Gasteiger partial charge in [0.2, 0.25) is 0 Å². The Morgan fingerprint density at radius 3 is 2.83 bits per heavy atom. The van der Waals surface area contributed by atoms with Crippen molar-refractivity contribution in [2.24, 2.45) is 0 Å². The zero-order chi connectivity index (χ0) is 8.39. The lowest BCUT2D eigenvalue weighted by atomic mass is 9.94. The van der Waals surface area contributed by atoms with Gasteiger partial charge in [-0.15, -0.1) is 0 Å². The van der Waals surface area contributed by atoms with Crippen molar-refractivity contribution in [3.05, 3.63) is 35.4 Å². The number of benzene rings is 1. The van der Waals surface area contributed by atoms with E-state index in [4.69, 9.17) is 4.74 Å². The number of rotatable bonds is 1. The summed E-state index contributed by atoms with van der Waals surface area (Å²) >= 11 is 0. The van der Waals surface area contributed by atoms with Crippen LogP contribution in [0.1, 0.15) is 23.5 Å². The predicted octanol–water partition coefficient (Wildman–Crippen LogP) is 2.50. The smallest absolute Gasteiger partial charge is 0.0535 e. The number of hydrogen-bond donors (Lipinski definition) is 0. The molecule has 1 aromatic carbocycles. The van der Waals surface area contributed by atoms with Gasteiger partial charge in [-0.1, -0.05) is 24.3 Å². The minimum atomic E-state index is 0.645. The van der Waals surface area contributed by atoms with Gasteiger partial charge in [0.05, 0.1) is 6.61 Å². The van der Waals surface area contributed by atoms with Crippen LogP contribution >= 0.6 is 0 Å². The Morgan fingerprint density at radius 2 is 2.17 bits per heavy atom. The highest BCUT2D eigenvalue weighted by molar-refractivity contribution is 5.29. The molecule has 0 saturated carbocycles. The quantitative estimate of drug-likeness (QED) is 0.616. The Morgan fingerprint density at radius 1 is 1.33 bits per heavy atom. The van der Waals surface area contributed by atoms with Gasteiger partial charge >= 0.3 is 0 Å². The molecule has 0 bridgehead atoms. The second kappa shape index (κ2) is 3.28. The van der Waals surface area contributed by atoms with E-state index in [-0.39, 0.29) is 0 Å². The lowest BCUT2D eigenvalue weighted by Gasteiger charge is -2.10. The molecule has 0 radical (unpaired) electrons. The molecule has 1 heteroatoms. The summed E-state index contributed by atoms with van der Waals surface area (Å²) in [5.41, 5.74) is 2.86. The van der Waals surface area contributed by atoms with Crippen molar-refractivity contribution in [2.75, 3.05) is 13.2 Å². The van der Waals surface area contributed by atoms with Gasteiger partial charge in [0.15, 0.2) is 0 Å². The highest BCUT2D eigenvalue weighted by Crippen LogP contribution is 2.27. The maximum atomic E-state index is 5.37. The molecule has 1 unspecified atom stereocenters. The second-order valence-electron chi connectivity index (χ2n) is 3.42. The van der Waals surface area contributed by atoms with E-state index in [9.17, 15) is 0 Å². The molecule has 1 saturated heterocycles. The van der Waals surface area contributed by atoms with E-state index >= 15 is 0 Å². The zero-order valence-corrected chi connectivity index (χ0v) is 7.42. The summed E-state index contributed by atoms with van der Waals surface area (Å²) in [5.74, 6) is 0.645. The summed E-state index contributed by atoms with van der Waals surface area (Å²) in [5, 5.41) is 0. The van der Waals surface area contributed by atoms with Crippen molar-refractivity contribution >= 4 is 0 Å². The third-order valence-corrected chi connectivity index (χ3v) is 2.56. The van der Waals surface area contributed by atoms with Gasteiger partial charge in [0.25, 0.3) is 0 Å². The number of ether oxygens (including phenoxy) is 1. The summed E-state index contributed by atoms with van der Waals surface area (Å²) in [7, 11) is 0. The van der Waals surface area contributed by atoms with Gasteiger partial charge in [-0.25, -0.2) is 0 Å². The fraction of sp³-hybridized carbons (Fsp3) is 0.455. The second-order valence-corrected chi connectivity index (χ2v) is 3.42. The molecule has 1 fully saturated rings. The third kappa shape index (κ3) is 1.37. The van der Waals surface area contributed by atoms with Crippen LogP contribution in [0.2, 0.25) is 0 Å². The Bertz CT molecular complexity index is 261. The van der Waals surface area contributed by atoms with Crippen LogP contribution in [0.15, 0.2) is 24.3 Å². The summed E-state index contributed by atoms with van der Waals surface area (Å²) in [6.45, 7) is 4.01. The first-order valence-electron chi connectivity index (χ1n) is 4.51. The summed E-state index contributed by atoms with van der Waals surface area (Å²) in [4.78, 5) is 0. The van der Waals surface area contributed by atoms with Crippen molar-refractivity contribution in [1.82, 2.24) is 0 Å². The lowest BCUT2D eigenvalue weighted by molar-refractivity contribution is 0.194. The van der Waals surface area contributed by atoms with Gasteiger partial charge in [-0.2, -0.15) is 0 Å². The molecule has 0 spiro atoms. The van der Waals surface area contributed by atoms with Crippen LogP contribution in [-0.4, -0.2) is 13.2 Å². The van der Waals surface area contributed by atoms with Gasteiger partial charge in [-0.05, 0) is 24.5 Å². The molecule has 1 aromatic rings. The van der Waals surface area contributed by atoms with Crippen molar-refractivity contribution in [3.8, 4) is 0 Å². The molecule has 0 amide bonds. The standard InChI is InChI=1S/C11H14O/c1-9-4-2-3-5-11(9)10-6-7-12-8-10/h2-5,10H,6-8H2,1H3. The monoisotopic (exact) mass is 162 g/mol. The predicted molar refractivity (Wildman–Crippen MR) is 49.4 cm³/mol. The maximum absolute atomic E-state index is 5.37. The average Bonchev–Trinajstić information content (AvgIpc) is 2.57. The summed E-state index contributed by atoms with van der Waals surface area (Å²) in [6, 6.07) is 8.59. The van der Waals surface area contributed by atoms with E-state index in [1.54, 1.807) is 0 Å². The SMILES string of the molecule is Cc1ccccc1C1CCOC1. The van der Waals surface area contributed by atoms with Crippen LogP contribution < -0.4 is 0 Å². The third-order valence-electron chi connectivity index (χ3n) is 2.56. The van der Waals surface area contributed by atoms with Crippen molar-refractivity contribution < 1.29 is 4.74 Å². The van der Waals surface area contributed by atoms with Crippen molar-refractivity contribution in [1.29, 1.82) is 0 Å². The van der Waals surface area contributed by atoms with Crippen molar-refractivity contribution in [2.45, 2.75) is 19.3 Å². The van der Waals surface area contributed by atoms with Crippen molar-refractivity contribution in [3.63, 3.8) is 0 Å². The molecule has 1 heterocycles. The van der Waals surface area contributed by atoms with E-state index in [0.29, 0.717) is 5.92 Å². The van der Waals surface area contributed by atoms with Crippen LogP contribution in [0.25, 0.3) is 0 Å². The fourth-order valence-corrected chi connectivity index (χ4v) is 1.82. The first kappa shape index (κ1) is 7.81. The highest BCUT2D eigenvalue weighted by atomic mass is 16.5. The Hall–Kier alpha value is -0.820. The van der Waals surface area contributed by atoms with Gasteiger partial charge in [0.1, 0.15) is 0 Å². The van der Waals surface area contributed by atoms with E-state index in [2.05, 4.69) is 31.2 Å². The molecular weight excluding hydrogens is 148 g/mol. The normalized spacial score (nSPS) is 22.9. The molecule has 1 aliphatic rings. The Balaban J connectivity index is 2.26. The Labute approximate surface area is 73.4 Å². The molecule has 1 aliphatic heterocycles. The number of aryl methyl sites for hydroxylation is 1. The molecule has 1 atom stereocenters. The van der Waals surface area contributed by atoms with E-state index in [0.717, 1.165) is 13.2 Å². The van der Waals surface area contributed by atoms with E-state index in [1.807, 2.05) is 0 Å². The summed E-state index contributed by atoms with van der Waals surface area (Å²) < 4.78 is 5.37. The van der Waals surface area contributed by atoms with Gasteiger partial charge in [-0.3, -0.25) is 0 Å². The first-order chi connectivity index (χ1) is 5.88. The fourth-order valence-electron chi connectivity index (χ4n) is 1.82. The molecule has 0 N–H and O–H groups in total. The molecule has 0 aliphatic carbocycles. The molecule has 1 nitrogen and oxygen atoms in total. The first-order valence-corrected chi connectivity index (χ1v) is 4.51. The molecule has 0 aromatic heterocycles. The van der Waals surface area contributed by atoms with Crippen LogP contribution in [0.4, 0.5) is 0 Å². The largest absolute Gasteiger partial charge is 0.381 e. The zero-order valence-electron chi connectivity index (χ0n) is 7.42. The topological polar surface area (TPSA) is 9.23 Å². The minimum Gasteiger partial charge on any atom is -0.381 e. The maximum Gasteiger partial charge on any atom is 0.0535 e. The van der Waals surface area contributed by atoms with Crippen LogP contribution in [-0.2, 0) is 4.74 Å². The molecule has 64 valence electrons. The molecule has 12 heavy (non-hydrogen) atoms. The minimum absolute atomic E-state index is 0.645. The Kier molecular flexibility index (Phi) is 2.13. The van der Waals surface area contributed by atoms with E-state index in [1.165, 1.54) is 17.5 Å². The number of hydrogen-bond acceptors (Lipinski definition) is 1. The van der Waals surface area contributed by atoms with Crippen LogP contribution in [0, 0.1) is 6.92 Å². The van der Waals surface area contributed by atoms with Gasteiger partial charge in [0, 0.05) is 12.5 Å². The average molecular weight is 162 g/mol. The van der Waals surface area contributed by atoms with Gasteiger partial charge < -0.3 is 4.74 Å². The van der Waals surface area contributed by atoms with Crippen LogP contribution in [0.5, 0.6) is 0 Å². The van der Waals surface area contributed by atoms with Crippen LogP contribution in [0.3, 0.4) is 0 Å². The lowest BCUT2D eigenvalue weighted by Crippen LogP contribution is -1.99. The van der Waals surface area contributed by atoms with E-state index < -0.39 is 0 Å².